The molecular weight excluding hydrogens is 534 g/mol. The Morgan fingerprint density at radius 1 is 1.11 bits per heavy atom. The fraction of sp³-hybridized carbons (Fsp3) is 0.208. The van der Waals surface area contributed by atoms with E-state index in [1.165, 1.54) is 37.4 Å². The highest BCUT2D eigenvalue weighted by Crippen LogP contribution is 2.41. The number of ether oxygens (including phenoxy) is 2. The van der Waals surface area contributed by atoms with Crippen molar-refractivity contribution in [1.29, 1.82) is 0 Å². The zero-order valence-corrected chi connectivity index (χ0v) is 21.6. The molecule has 14 heteroatoms. The second-order valence-corrected chi connectivity index (χ2v) is 10.6. The number of morpholine rings is 1. The standard InChI is InChI=1S/C24H21N5O7S2/c1-35-24(32)15-4-2-3-14-20(15)19(12-17(21(14)30)23(31)29-7-9-36-10-8-29)26-27-22-16-11-13(38(25,33)34)5-6-18(16)28-37-22/h2-6,11-12,30H,7-10H2,1H3,(H2,25,33,34). The van der Waals surface area contributed by atoms with E-state index < -0.39 is 21.9 Å². The number of rotatable bonds is 5. The molecule has 3 aromatic carbocycles. The third kappa shape index (κ3) is 4.69. The molecule has 2 heterocycles. The molecule has 1 aliphatic rings. The number of esters is 1. The SMILES string of the molecule is COC(=O)c1cccc2c(O)c(C(=O)N3CCOCC3)cc(N=Nc3snc4ccc(S(N)(=O)=O)cc34)c12. The van der Waals surface area contributed by atoms with Crippen LogP contribution in [0.2, 0.25) is 0 Å². The van der Waals surface area contributed by atoms with Gasteiger partial charge < -0.3 is 19.5 Å². The van der Waals surface area contributed by atoms with Crippen molar-refractivity contribution >= 4 is 65.8 Å². The number of carbonyl (C=O) groups excluding carboxylic acids is 2. The van der Waals surface area contributed by atoms with Crippen LogP contribution in [0.3, 0.4) is 0 Å². The van der Waals surface area contributed by atoms with Gasteiger partial charge in [0.05, 0.1) is 47.6 Å². The largest absolute Gasteiger partial charge is 0.506 e. The molecule has 5 rings (SSSR count). The van der Waals surface area contributed by atoms with Gasteiger partial charge in [-0.05, 0) is 41.9 Å². The van der Waals surface area contributed by atoms with E-state index in [0.29, 0.717) is 37.2 Å². The van der Waals surface area contributed by atoms with Crippen LogP contribution in [0.15, 0.2) is 57.6 Å². The van der Waals surface area contributed by atoms with Gasteiger partial charge >= 0.3 is 5.97 Å². The molecule has 196 valence electrons. The first-order valence-corrected chi connectivity index (χ1v) is 13.6. The number of methoxy groups -OCH3 is 1. The molecule has 4 aromatic rings. The predicted molar refractivity (Wildman–Crippen MR) is 139 cm³/mol. The van der Waals surface area contributed by atoms with Gasteiger partial charge in [-0.3, -0.25) is 4.79 Å². The van der Waals surface area contributed by atoms with Gasteiger partial charge in [-0.25, -0.2) is 18.4 Å². The van der Waals surface area contributed by atoms with Crippen LogP contribution in [0, 0.1) is 0 Å². The van der Waals surface area contributed by atoms with E-state index in [1.807, 2.05) is 0 Å². The number of sulfonamides is 1. The van der Waals surface area contributed by atoms with Crippen LogP contribution in [0.5, 0.6) is 5.75 Å². The fourth-order valence-electron chi connectivity index (χ4n) is 4.16. The van der Waals surface area contributed by atoms with Gasteiger partial charge in [0.2, 0.25) is 10.0 Å². The number of hydrogen-bond donors (Lipinski definition) is 2. The number of fused-ring (bicyclic) bond motifs is 2. The number of azo groups is 1. The van der Waals surface area contributed by atoms with Crippen LogP contribution >= 0.6 is 11.5 Å². The van der Waals surface area contributed by atoms with E-state index in [4.69, 9.17) is 14.6 Å². The molecule has 3 N–H and O–H groups in total. The van der Waals surface area contributed by atoms with Crippen molar-refractivity contribution < 1.29 is 32.6 Å². The molecule has 0 aliphatic carbocycles. The summed E-state index contributed by atoms with van der Waals surface area (Å²) in [6.45, 7) is 1.46. The Morgan fingerprint density at radius 3 is 2.58 bits per heavy atom. The molecule has 1 fully saturated rings. The number of hydrogen-bond acceptors (Lipinski definition) is 11. The molecule has 0 spiro atoms. The molecule has 1 aromatic heterocycles. The van der Waals surface area contributed by atoms with Gasteiger partial charge in [-0.15, -0.1) is 10.2 Å². The Kier molecular flexibility index (Phi) is 6.79. The normalized spacial score (nSPS) is 14.4. The predicted octanol–water partition coefficient (Wildman–Crippen LogP) is 3.48. The summed E-state index contributed by atoms with van der Waals surface area (Å²) < 4.78 is 38.1. The maximum atomic E-state index is 13.3. The van der Waals surface area contributed by atoms with E-state index in [1.54, 1.807) is 17.0 Å². The first-order chi connectivity index (χ1) is 18.2. The van der Waals surface area contributed by atoms with Crippen molar-refractivity contribution in [2.24, 2.45) is 15.4 Å². The number of nitrogens with two attached hydrogens (primary N) is 1. The van der Waals surface area contributed by atoms with Crippen LogP contribution in [0.25, 0.3) is 21.7 Å². The number of benzene rings is 3. The van der Waals surface area contributed by atoms with Gasteiger partial charge in [-0.2, -0.15) is 4.37 Å². The van der Waals surface area contributed by atoms with E-state index >= 15 is 0 Å². The topological polar surface area (TPSA) is 174 Å². The number of nitrogens with zero attached hydrogens (tertiary/aromatic N) is 4. The third-order valence-corrected chi connectivity index (χ3v) is 7.73. The number of phenolic OH excluding ortho intramolecular Hbond substituents is 1. The van der Waals surface area contributed by atoms with E-state index in [0.717, 1.165) is 11.5 Å². The van der Waals surface area contributed by atoms with Crippen molar-refractivity contribution in [3.63, 3.8) is 0 Å². The molecule has 0 atom stereocenters. The number of carbonyl (C=O) groups is 2. The van der Waals surface area contributed by atoms with Crippen molar-refractivity contribution in [3.8, 4) is 5.75 Å². The first kappa shape index (κ1) is 25.7. The minimum absolute atomic E-state index is 0.0129. The van der Waals surface area contributed by atoms with Crippen molar-refractivity contribution in [2.45, 2.75) is 4.90 Å². The minimum atomic E-state index is -3.96. The summed E-state index contributed by atoms with van der Waals surface area (Å²) in [6, 6.07) is 10.2. The molecule has 0 unspecified atom stereocenters. The van der Waals surface area contributed by atoms with Gasteiger partial charge in [0.1, 0.15) is 5.75 Å². The Labute approximate surface area is 220 Å². The Balaban J connectivity index is 1.69. The third-order valence-electron chi connectivity index (χ3n) is 6.05. The maximum Gasteiger partial charge on any atom is 0.338 e. The zero-order chi connectivity index (χ0) is 27.0. The molecule has 0 saturated carbocycles. The van der Waals surface area contributed by atoms with E-state index in [2.05, 4.69) is 14.6 Å². The summed E-state index contributed by atoms with van der Waals surface area (Å²) in [5.41, 5.74) is 0.719. The summed E-state index contributed by atoms with van der Waals surface area (Å²) >= 11 is 0.982. The molecule has 1 saturated heterocycles. The lowest BCUT2D eigenvalue weighted by molar-refractivity contribution is 0.0301. The van der Waals surface area contributed by atoms with Crippen molar-refractivity contribution in [2.75, 3.05) is 33.4 Å². The Bertz CT molecular complexity index is 1730. The highest BCUT2D eigenvalue weighted by Gasteiger charge is 2.26. The molecule has 1 amide bonds. The quantitative estimate of drug-likeness (QED) is 0.278. The van der Waals surface area contributed by atoms with Crippen LogP contribution in [0.4, 0.5) is 10.7 Å². The van der Waals surface area contributed by atoms with E-state index in [-0.39, 0.29) is 43.2 Å². The first-order valence-electron chi connectivity index (χ1n) is 11.3. The van der Waals surface area contributed by atoms with Crippen LogP contribution in [-0.2, 0) is 19.5 Å². The fourth-order valence-corrected chi connectivity index (χ4v) is 5.39. The summed E-state index contributed by atoms with van der Waals surface area (Å²) in [5.74, 6) is -1.39. The van der Waals surface area contributed by atoms with Crippen LogP contribution < -0.4 is 5.14 Å². The lowest BCUT2D eigenvalue weighted by atomic mass is 9.98. The average Bonchev–Trinajstić information content (AvgIpc) is 3.34. The lowest BCUT2D eigenvalue weighted by Gasteiger charge is -2.27. The summed E-state index contributed by atoms with van der Waals surface area (Å²) in [4.78, 5) is 27.3. The molecule has 0 bridgehead atoms. The second-order valence-electron chi connectivity index (χ2n) is 8.33. The smallest absolute Gasteiger partial charge is 0.338 e. The summed E-state index contributed by atoms with van der Waals surface area (Å²) in [7, 11) is -2.73. The highest BCUT2D eigenvalue weighted by atomic mass is 32.2. The van der Waals surface area contributed by atoms with Crippen molar-refractivity contribution in [3.05, 3.63) is 53.6 Å². The molecular formula is C24H21N5O7S2. The van der Waals surface area contributed by atoms with Crippen LogP contribution in [-0.4, -0.2) is 68.1 Å². The number of amides is 1. The number of aromatic nitrogens is 1. The maximum absolute atomic E-state index is 13.3. The van der Waals surface area contributed by atoms with Gasteiger partial charge in [0, 0.05) is 29.2 Å². The average molecular weight is 556 g/mol. The van der Waals surface area contributed by atoms with Crippen molar-refractivity contribution in [1.82, 2.24) is 9.27 Å². The number of phenols is 1. The van der Waals surface area contributed by atoms with Crippen LogP contribution in [0.1, 0.15) is 20.7 Å². The lowest BCUT2D eigenvalue weighted by Crippen LogP contribution is -2.40. The second kappa shape index (κ2) is 10.1. The van der Waals surface area contributed by atoms with E-state index in [9.17, 15) is 23.1 Å². The van der Waals surface area contributed by atoms with Gasteiger partial charge in [0.15, 0.2) is 5.00 Å². The molecule has 38 heavy (non-hydrogen) atoms. The Hall–Kier alpha value is -3.98. The Morgan fingerprint density at radius 2 is 1.87 bits per heavy atom. The highest BCUT2D eigenvalue weighted by molar-refractivity contribution is 7.89. The number of primary sulfonamides is 1. The minimum Gasteiger partial charge on any atom is -0.506 e. The number of aromatic hydroxyl groups is 1. The summed E-state index contributed by atoms with van der Waals surface area (Å²) in [5, 5.41) is 26.1. The monoisotopic (exact) mass is 555 g/mol. The molecule has 12 nitrogen and oxygen atoms in total. The summed E-state index contributed by atoms with van der Waals surface area (Å²) in [6.07, 6.45) is 0. The zero-order valence-electron chi connectivity index (χ0n) is 19.9. The molecule has 0 radical (unpaired) electrons. The van der Waals surface area contributed by atoms with Gasteiger partial charge in [0.25, 0.3) is 5.91 Å². The molecule has 1 aliphatic heterocycles. The van der Waals surface area contributed by atoms with Gasteiger partial charge in [-0.1, -0.05) is 12.1 Å².